The Labute approximate surface area is 82.0 Å². The van der Waals surface area contributed by atoms with E-state index in [1.165, 1.54) is 12.1 Å². The van der Waals surface area contributed by atoms with Crippen molar-refractivity contribution in [2.24, 2.45) is 5.73 Å². The summed E-state index contributed by atoms with van der Waals surface area (Å²) < 4.78 is 0. The Morgan fingerprint density at radius 1 is 1.43 bits per heavy atom. The Bertz CT molecular complexity index is 336. The third-order valence-corrected chi connectivity index (χ3v) is 1.95. The molecule has 0 aliphatic heterocycles. The monoisotopic (exact) mass is 195 g/mol. The standard InChI is InChI=1S/C10H13NO3/c11-4-3-9(13)7-1-2-8(6-12)10(14)5-7/h1-2,5,12,14H,3-4,6,11H2. The van der Waals surface area contributed by atoms with Crippen LogP contribution in [0.3, 0.4) is 0 Å². The number of benzene rings is 1. The summed E-state index contributed by atoms with van der Waals surface area (Å²) in [6.45, 7) is 0.0541. The van der Waals surface area contributed by atoms with Crippen LogP contribution in [0.25, 0.3) is 0 Å². The van der Waals surface area contributed by atoms with Crippen LogP contribution >= 0.6 is 0 Å². The van der Waals surface area contributed by atoms with Crippen LogP contribution in [-0.2, 0) is 6.61 Å². The Balaban J connectivity index is 2.91. The predicted molar refractivity (Wildman–Crippen MR) is 52.0 cm³/mol. The lowest BCUT2D eigenvalue weighted by Gasteiger charge is -2.03. The molecule has 0 atom stereocenters. The molecule has 4 nitrogen and oxygen atoms in total. The van der Waals surface area contributed by atoms with E-state index in [0.717, 1.165) is 0 Å². The molecule has 0 aliphatic carbocycles. The first-order chi connectivity index (χ1) is 6.69. The van der Waals surface area contributed by atoms with Crippen molar-refractivity contribution in [2.75, 3.05) is 6.54 Å². The highest BCUT2D eigenvalue weighted by molar-refractivity contribution is 5.96. The highest BCUT2D eigenvalue weighted by Gasteiger charge is 2.07. The minimum absolute atomic E-state index is 0.0598. The average molecular weight is 195 g/mol. The number of aromatic hydroxyl groups is 1. The average Bonchev–Trinajstić information content (AvgIpc) is 2.18. The van der Waals surface area contributed by atoms with Crippen LogP contribution < -0.4 is 5.73 Å². The molecule has 0 bridgehead atoms. The van der Waals surface area contributed by atoms with Gasteiger partial charge < -0.3 is 15.9 Å². The molecule has 0 aromatic heterocycles. The van der Waals surface area contributed by atoms with Crippen molar-refractivity contribution in [2.45, 2.75) is 13.0 Å². The molecule has 76 valence electrons. The number of carbonyl (C=O) groups is 1. The maximum Gasteiger partial charge on any atom is 0.164 e. The predicted octanol–water partition coefficient (Wildman–Crippen LogP) is 0.416. The third-order valence-electron chi connectivity index (χ3n) is 1.95. The lowest BCUT2D eigenvalue weighted by Crippen LogP contribution is -2.08. The fourth-order valence-corrected chi connectivity index (χ4v) is 1.15. The van der Waals surface area contributed by atoms with Gasteiger partial charge in [0.1, 0.15) is 5.75 Å². The molecule has 0 radical (unpaired) electrons. The molecule has 0 heterocycles. The SMILES string of the molecule is NCCC(=O)c1ccc(CO)c(O)c1. The summed E-state index contributed by atoms with van der Waals surface area (Å²) in [5.74, 6) is -0.164. The van der Waals surface area contributed by atoms with Crippen LogP contribution in [0.15, 0.2) is 18.2 Å². The van der Waals surface area contributed by atoms with Crippen molar-refractivity contribution in [3.63, 3.8) is 0 Å². The van der Waals surface area contributed by atoms with Crippen molar-refractivity contribution in [1.29, 1.82) is 0 Å². The molecule has 0 saturated heterocycles. The number of aliphatic hydroxyl groups excluding tert-OH is 1. The molecule has 14 heavy (non-hydrogen) atoms. The van der Waals surface area contributed by atoms with Crippen LogP contribution in [0.5, 0.6) is 5.75 Å². The van der Waals surface area contributed by atoms with Crippen molar-refractivity contribution >= 4 is 5.78 Å². The van der Waals surface area contributed by atoms with Gasteiger partial charge in [-0.05, 0) is 12.6 Å². The second-order valence-electron chi connectivity index (χ2n) is 2.96. The van der Waals surface area contributed by atoms with E-state index in [2.05, 4.69) is 0 Å². The summed E-state index contributed by atoms with van der Waals surface area (Å²) in [5, 5.41) is 18.2. The van der Waals surface area contributed by atoms with Crippen LogP contribution in [0.2, 0.25) is 0 Å². The van der Waals surface area contributed by atoms with Crippen LogP contribution in [-0.4, -0.2) is 22.5 Å². The van der Waals surface area contributed by atoms with Crippen molar-refractivity contribution in [1.82, 2.24) is 0 Å². The topological polar surface area (TPSA) is 83.6 Å². The zero-order valence-electron chi connectivity index (χ0n) is 7.73. The molecule has 0 aliphatic rings. The number of Topliss-reactive ketones (excluding diaryl/α,β-unsaturated/α-hetero) is 1. The molecule has 0 fully saturated rings. The summed E-state index contributed by atoms with van der Waals surface area (Å²) >= 11 is 0. The van der Waals surface area contributed by atoms with Crippen LogP contribution in [0.4, 0.5) is 0 Å². The number of carbonyl (C=O) groups excluding carboxylic acids is 1. The fourth-order valence-electron chi connectivity index (χ4n) is 1.15. The van der Waals surface area contributed by atoms with Crippen molar-refractivity contribution < 1.29 is 15.0 Å². The first kappa shape index (κ1) is 10.7. The fraction of sp³-hybridized carbons (Fsp3) is 0.300. The van der Waals surface area contributed by atoms with E-state index >= 15 is 0 Å². The Morgan fingerprint density at radius 3 is 2.64 bits per heavy atom. The Morgan fingerprint density at radius 2 is 2.14 bits per heavy atom. The number of ketones is 1. The zero-order valence-corrected chi connectivity index (χ0v) is 7.73. The van der Waals surface area contributed by atoms with E-state index in [1.807, 2.05) is 0 Å². The van der Waals surface area contributed by atoms with Gasteiger partial charge in [-0.25, -0.2) is 0 Å². The first-order valence-electron chi connectivity index (χ1n) is 4.35. The van der Waals surface area contributed by atoms with E-state index in [1.54, 1.807) is 6.07 Å². The number of nitrogens with two attached hydrogens (primary N) is 1. The van der Waals surface area contributed by atoms with E-state index in [-0.39, 0.29) is 24.6 Å². The van der Waals surface area contributed by atoms with Gasteiger partial charge in [0.05, 0.1) is 6.61 Å². The zero-order chi connectivity index (χ0) is 10.6. The smallest absolute Gasteiger partial charge is 0.164 e. The number of hydrogen-bond acceptors (Lipinski definition) is 4. The lowest BCUT2D eigenvalue weighted by atomic mass is 10.1. The molecule has 1 aromatic rings. The van der Waals surface area contributed by atoms with Gasteiger partial charge in [-0.1, -0.05) is 12.1 Å². The molecule has 0 amide bonds. The highest BCUT2D eigenvalue weighted by Crippen LogP contribution is 2.19. The number of rotatable bonds is 4. The second-order valence-corrected chi connectivity index (χ2v) is 2.96. The largest absolute Gasteiger partial charge is 0.508 e. The van der Waals surface area contributed by atoms with E-state index in [0.29, 0.717) is 17.7 Å². The molecular formula is C10H13NO3. The van der Waals surface area contributed by atoms with Gasteiger partial charge in [0.2, 0.25) is 0 Å². The molecule has 0 spiro atoms. The molecule has 1 aromatic carbocycles. The van der Waals surface area contributed by atoms with Crippen molar-refractivity contribution in [3.8, 4) is 5.75 Å². The maximum atomic E-state index is 11.3. The Hall–Kier alpha value is -1.39. The lowest BCUT2D eigenvalue weighted by molar-refractivity contribution is 0.0985. The molecule has 0 unspecified atom stereocenters. The van der Waals surface area contributed by atoms with Gasteiger partial charge in [0.15, 0.2) is 5.78 Å². The highest BCUT2D eigenvalue weighted by atomic mass is 16.3. The van der Waals surface area contributed by atoms with Gasteiger partial charge in [0, 0.05) is 17.5 Å². The summed E-state index contributed by atoms with van der Waals surface area (Å²) in [6.07, 6.45) is 0.262. The number of hydrogen-bond donors (Lipinski definition) is 3. The summed E-state index contributed by atoms with van der Waals surface area (Å²) in [5.41, 5.74) is 6.07. The second kappa shape index (κ2) is 4.74. The minimum Gasteiger partial charge on any atom is -0.508 e. The number of aliphatic hydroxyl groups is 1. The van der Waals surface area contributed by atoms with E-state index in [9.17, 15) is 9.90 Å². The maximum absolute atomic E-state index is 11.3. The van der Waals surface area contributed by atoms with Gasteiger partial charge >= 0.3 is 0 Å². The minimum atomic E-state index is -0.239. The van der Waals surface area contributed by atoms with Gasteiger partial charge in [0.25, 0.3) is 0 Å². The quantitative estimate of drug-likeness (QED) is 0.608. The van der Waals surface area contributed by atoms with Crippen molar-refractivity contribution in [3.05, 3.63) is 29.3 Å². The first-order valence-corrected chi connectivity index (χ1v) is 4.35. The Kier molecular flexibility index (Phi) is 3.62. The number of phenols is 1. The summed E-state index contributed by atoms with van der Waals surface area (Å²) in [6, 6.07) is 4.45. The van der Waals surface area contributed by atoms with Crippen LogP contribution in [0.1, 0.15) is 22.3 Å². The van der Waals surface area contributed by atoms with E-state index in [4.69, 9.17) is 10.8 Å². The molecule has 4 N–H and O–H groups in total. The van der Waals surface area contributed by atoms with Gasteiger partial charge in [-0.3, -0.25) is 4.79 Å². The molecule has 1 rings (SSSR count). The van der Waals surface area contributed by atoms with E-state index < -0.39 is 0 Å². The van der Waals surface area contributed by atoms with Crippen LogP contribution in [0, 0.1) is 0 Å². The van der Waals surface area contributed by atoms with Gasteiger partial charge in [-0.2, -0.15) is 0 Å². The third kappa shape index (κ3) is 2.31. The summed E-state index contributed by atoms with van der Waals surface area (Å²) in [7, 11) is 0. The normalized spacial score (nSPS) is 10.1. The summed E-state index contributed by atoms with van der Waals surface area (Å²) in [4.78, 5) is 11.3. The van der Waals surface area contributed by atoms with Gasteiger partial charge in [-0.15, -0.1) is 0 Å². The molecule has 4 heteroatoms. The molecule has 0 saturated carbocycles. The molecular weight excluding hydrogens is 182 g/mol.